The Kier molecular flexibility index (Phi) is 4.37. The van der Waals surface area contributed by atoms with Crippen LogP contribution in [0.2, 0.25) is 0 Å². The van der Waals surface area contributed by atoms with Crippen molar-refractivity contribution in [2.45, 2.75) is 26.7 Å². The number of carbonyl (C=O) groups is 2. The molecule has 23 heavy (non-hydrogen) atoms. The molecular weight excluding hydrogens is 294 g/mol. The van der Waals surface area contributed by atoms with Crippen molar-refractivity contribution in [1.82, 2.24) is 4.90 Å². The Hall–Kier alpha value is -2.30. The van der Waals surface area contributed by atoms with Gasteiger partial charge in [0.2, 0.25) is 0 Å². The lowest BCUT2D eigenvalue weighted by molar-refractivity contribution is -0.149. The molecule has 0 radical (unpaired) electrons. The summed E-state index contributed by atoms with van der Waals surface area (Å²) in [6.07, 6.45) is 1.29. The molecule has 0 N–H and O–H groups in total. The van der Waals surface area contributed by atoms with Crippen LogP contribution in [0.5, 0.6) is 0 Å². The van der Waals surface area contributed by atoms with E-state index in [1.807, 2.05) is 25.1 Å². The molecule has 1 aliphatic rings. The number of furan rings is 1. The molecule has 1 aliphatic heterocycles. The molecule has 5 heteroatoms. The van der Waals surface area contributed by atoms with Gasteiger partial charge >= 0.3 is 5.97 Å². The smallest absolute Gasteiger partial charge is 0.309 e. The first-order valence-corrected chi connectivity index (χ1v) is 8.05. The zero-order valence-electron chi connectivity index (χ0n) is 13.5. The van der Waals surface area contributed by atoms with E-state index in [1.54, 1.807) is 17.9 Å². The molecule has 1 aromatic carbocycles. The number of benzene rings is 1. The average Bonchev–Trinajstić information content (AvgIpc) is 3.00. The van der Waals surface area contributed by atoms with Crippen molar-refractivity contribution >= 4 is 22.8 Å². The van der Waals surface area contributed by atoms with Crippen molar-refractivity contribution in [3.63, 3.8) is 0 Å². The third-order valence-electron chi connectivity index (χ3n) is 4.35. The van der Waals surface area contributed by atoms with E-state index in [1.165, 1.54) is 0 Å². The van der Waals surface area contributed by atoms with Crippen LogP contribution >= 0.6 is 0 Å². The van der Waals surface area contributed by atoms with Gasteiger partial charge in [0.25, 0.3) is 5.91 Å². The van der Waals surface area contributed by atoms with Gasteiger partial charge in [0, 0.05) is 18.5 Å². The lowest BCUT2D eigenvalue weighted by atomic mass is 9.97. The molecule has 2 aromatic rings. The van der Waals surface area contributed by atoms with Gasteiger partial charge < -0.3 is 14.1 Å². The maximum atomic E-state index is 12.6. The molecule has 0 bridgehead atoms. The fourth-order valence-corrected chi connectivity index (χ4v) is 3.05. The minimum absolute atomic E-state index is 0.100. The van der Waals surface area contributed by atoms with Crippen LogP contribution in [0.25, 0.3) is 11.0 Å². The number of para-hydroxylation sites is 1. The molecule has 0 unspecified atom stereocenters. The molecule has 0 atom stereocenters. The van der Waals surface area contributed by atoms with Gasteiger partial charge in [-0.15, -0.1) is 0 Å². The second-order valence-corrected chi connectivity index (χ2v) is 5.92. The second-order valence-electron chi connectivity index (χ2n) is 5.92. The quantitative estimate of drug-likeness (QED) is 0.816. The van der Waals surface area contributed by atoms with E-state index < -0.39 is 0 Å². The number of hydrogen-bond acceptors (Lipinski definition) is 4. The number of piperidine rings is 1. The Morgan fingerprint density at radius 1 is 1.30 bits per heavy atom. The Labute approximate surface area is 135 Å². The molecule has 0 saturated carbocycles. The molecule has 122 valence electrons. The number of rotatable bonds is 3. The topological polar surface area (TPSA) is 59.8 Å². The fourth-order valence-electron chi connectivity index (χ4n) is 3.05. The van der Waals surface area contributed by atoms with Crippen molar-refractivity contribution in [2.75, 3.05) is 19.7 Å². The number of hydrogen-bond donors (Lipinski definition) is 0. The van der Waals surface area contributed by atoms with E-state index in [0.717, 1.165) is 16.5 Å². The lowest BCUT2D eigenvalue weighted by Gasteiger charge is -2.30. The van der Waals surface area contributed by atoms with Crippen LogP contribution in [-0.2, 0) is 9.53 Å². The highest BCUT2D eigenvalue weighted by Gasteiger charge is 2.29. The number of ether oxygens (including phenoxy) is 1. The zero-order chi connectivity index (χ0) is 16.4. The predicted octanol–water partition coefficient (Wildman–Crippen LogP) is 3.16. The van der Waals surface area contributed by atoms with Crippen molar-refractivity contribution in [3.8, 4) is 0 Å². The zero-order valence-corrected chi connectivity index (χ0v) is 13.5. The second kappa shape index (κ2) is 6.44. The van der Waals surface area contributed by atoms with Gasteiger partial charge in [-0.2, -0.15) is 0 Å². The van der Waals surface area contributed by atoms with E-state index in [9.17, 15) is 9.59 Å². The number of aryl methyl sites for hydroxylation is 1. The molecule has 0 aliphatic carbocycles. The Balaban J connectivity index is 1.69. The molecule has 1 amide bonds. The van der Waals surface area contributed by atoms with Crippen molar-refractivity contribution in [2.24, 2.45) is 5.92 Å². The molecule has 0 spiro atoms. The number of likely N-dealkylation sites (tertiary alicyclic amines) is 1. The van der Waals surface area contributed by atoms with Crippen LogP contribution in [0.4, 0.5) is 0 Å². The van der Waals surface area contributed by atoms with Gasteiger partial charge in [0.15, 0.2) is 5.76 Å². The first-order chi connectivity index (χ1) is 11.1. The van der Waals surface area contributed by atoms with Crippen molar-refractivity contribution in [3.05, 3.63) is 35.6 Å². The fraction of sp³-hybridized carbons (Fsp3) is 0.444. The third kappa shape index (κ3) is 3.09. The third-order valence-corrected chi connectivity index (χ3v) is 4.35. The average molecular weight is 315 g/mol. The van der Waals surface area contributed by atoms with Gasteiger partial charge in [0.05, 0.1) is 12.5 Å². The highest BCUT2D eigenvalue weighted by atomic mass is 16.5. The largest absolute Gasteiger partial charge is 0.466 e. The van der Waals surface area contributed by atoms with E-state index in [0.29, 0.717) is 38.3 Å². The first kappa shape index (κ1) is 15.6. The molecule has 1 fully saturated rings. The maximum Gasteiger partial charge on any atom is 0.309 e. The summed E-state index contributed by atoms with van der Waals surface area (Å²) in [4.78, 5) is 26.1. The Morgan fingerprint density at radius 2 is 2.04 bits per heavy atom. The molecular formula is C18H21NO4. The summed E-state index contributed by atoms with van der Waals surface area (Å²) in [5, 5.41) is 0.940. The van der Waals surface area contributed by atoms with Gasteiger partial charge in [0.1, 0.15) is 5.58 Å². The minimum Gasteiger partial charge on any atom is -0.466 e. The van der Waals surface area contributed by atoms with Gasteiger partial charge in [-0.05, 0) is 38.3 Å². The van der Waals surface area contributed by atoms with E-state index >= 15 is 0 Å². The summed E-state index contributed by atoms with van der Waals surface area (Å²) >= 11 is 0. The summed E-state index contributed by atoms with van der Waals surface area (Å²) in [5.74, 6) is 0.00247. The number of esters is 1. The predicted molar refractivity (Wildman–Crippen MR) is 86.2 cm³/mol. The van der Waals surface area contributed by atoms with E-state index in [4.69, 9.17) is 9.15 Å². The molecule has 1 saturated heterocycles. The number of nitrogens with zero attached hydrogens (tertiary/aromatic N) is 1. The maximum absolute atomic E-state index is 12.6. The highest BCUT2D eigenvalue weighted by Crippen LogP contribution is 2.25. The minimum atomic E-state index is -0.154. The Morgan fingerprint density at radius 3 is 2.70 bits per heavy atom. The summed E-state index contributed by atoms with van der Waals surface area (Å²) in [5.41, 5.74) is 1.78. The summed E-state index contributed by atoms with van der Waals surface area (Å²) in [6, 6.07) is 7.65. The number of amides is 1. The number of carbonyl (C=O) groups excluding carboxylic acids is 2. The summed E-state index contributed by atoms with van der Waals surface area (Å²) < 4.78 is 10.8. The highest BCUT2D eigenvalue weighted by molar-refractivity contribution is 5.96. The van der Waals surface area contributed by atoms with Crippen molar-refractivity contribution in [1.29, 1.82) is 0 Å². The monoisotopic (exact) mass is 315 g/mol. The first-order valence-electron chi connectivity index (χ1n) is 8.05. The summed E-state index contributed by atoms with van der Waals surface area (Å²) in [7, 11) is 0. The van der Waals surface area contributed by atoms with Crippen LogP contribution in [0.15, 0.2) is 28.7 Å². The van der Waals surface area contributed by atoms with Crippen LogP contribution in [0.1, 0.15) is 35.9 Å². The van der Waals surface area contributed by atoms with Gasteiger partial charge in [-0.25, -0.2) is 0 Å². The van der Waals surface area contributed by atoms with Gasteiger partial charge in [-0.3, -0.25) is 9.59 Å². The number of fused-ring (bicyclic) bond motifs is 1. The summed E-state index contributed by atoms with van der Waals surface area (Å²) in [6.45, 7) is 5.28. The van der Waals surface area contributed by atoms with E-state index in [-0.39, 0.29) is 17.8 Å². The Bertz CT molecular complexity index is 726. The van der Waals surface area contributed by atoms with Gasteiger partial charge in [-0.1, -0.05) is 18.2 Å². The SMILES string of the molecule is CCOC(=O)C1CCN(C(=O)c2cc3cccc(C)c3o2)CC1. The molecule has 5 nitrogen and oxygen atoms in total. The van der Waals surface area contributed by atoms with Crippen molar-refractivity contribution < 1.29 is 18.7 Å². The van der Waals surface area contributed by atoms with Crippen LogP contribution in [0, 0.1) is 12.8 Å². The lowest BCUT2D eigenvalue weighted by Crippen LogP contribution is -2.40. The molecule has 2 heterocycles. The normalized spacial score (nSPS) is 15.8. The standard InChI is InChI=1S/C18H21NO4/c1-3-22-18(21)13-7-9-19(10-8-13)17(20)15-11-14-6-4-5-12(2)16(14)23-15/h4-6,11,13H,3,7-10H2,1-2H3. The van der Waals surface area contributed by atoms with Crippen LogP contribution < -0.4 is 0 Å². The molecule has 1 aromatic heterocycles. The van der Waals surface area contributed by atoms with Crippen LogP contribution in [0.3, 0.4) is 0 Å². The van der Waals surface area contributed by atoms with E-state index in [2.05, 4.69) is 0 Å². The molecule has 3 rings (SSSR count). The van der Waals surface area contributed by atoms with Crippen LogP contribution in [-0.4, -0.2) is 36.5 Å².